The summed E-state index contributed by atoms with van der Waals surface area (Å²) in [7, 11) is -3.67. The van der Waals surface area contributed by atoms with Crippen molar-refractivity contribution in [1.82, 2.24) is 10.5 Å². The Hall–Kier alpha value is -2.23. The summed E-state index contributed by atoms with van der Waals surface area (Å²) in [6.45, 7) is 2.45. The maximum atomic E-state index is 11.7. The highest BCUT2D eigenvalue weighted by molar-refractivity contribution is 7.89. The summed E-state index contributed by atoms with van der Waals surface area (Å²) in [4.78, 5) is 11.7. The number of sulfonamides is 1. The highest BCUT2D eigenvalue weighted by Crippen LogP contribution is 2.09. The van der Waals surface area contributed by atoms with Crippen LogP contribution in [-0.2, 0) is 21.2 Å². The molecule has 4 N–H and O–H groups in total. The van der Waals surface area contributed by atoms with E-state index in [0.29, 0.717) is 24.5 Å². The van der Waals surface area contributed by atoms with Crippen molar-refractivity contribution in [2.24, 2.45) is 5.14 Å². The second-order valence-corrected chi connectivity index (χ2v) is 6.55. The second-order valence-electron chi connectivity index (χ2n) is 4.99. The molecule has 0 atom stereocenters. The van der Waals surface area contributed by atoms with E-state index in [-0.39, 0.29) is 17.3 Å². The van der Waals surface area contributed by atoms with Crippen molar-refractivity contribution >= 4 is 21.7 Å². The Kier molecular flexibility index (Phi) is 5.48. The van der Waals surface area contributed by atoms with Crippen LogP contribution in [-0.4, -0.2) is 32.6 Å². The van der Waals surface area contributed by atoms with Gasteiger partial charge in [-0.05, 0) is 37.6 Å². The minimum absolute atomic E-state index is 0.0801. The van der Waals surface area contributed by atoms with Crippen molar-refractivity contribution in [3.63, 3.8) is 0 Å². The summed E-state index contributed by atoms with van der Waals surface area (Å²) in [5.74, 6) is 0.784. The molecule has 0 fully saturated rings. The van der Waals surface area contributed by atoms with Crippen molar-refractivity contribution in [3.05, 3.63) is 41.7 Å². The van der Waals surface area contributed by atoms with Gasteiger partial charge in [-0.25, -0.2) is 13.6 Å². The van der Waals surface area contributed by atoms with Gasteiger partial charge in [0.2, 0.25) is 15.9 Å². The molecular formula is C14H18N4O4S. The van der Waals surface area contributed by atoms with Gasteiger partial charge in [0.05, 0.1) is 11.4 Å². The molecule has 0 radical (unpaired) electrons. The number of nitrogens with zero attached hydrogens (tertiary/aromatic N) is 1. The SMILES string of the molecule is Cc1cc(NC(=O)CNCCc2ccc(S(N)(=O)=O)cc2)no1. The zero-order chi connectivity index (χ0) is 16.9. The number of benzene rings is 1. The van der Waals surface area contributed by atoms with Crippen molar-refractivity contribution < 1.29 is 17.7 Å². The number of primary sulfonamides is 1. The minimum Gasteiger partial charge on any atom is -0.360 e. The van der Waals surface area contributed by atoms with Crippen molar-refractivity contribution in [2.75, 3.05) is 18.4 Å². The van der Waals surface area contributed by atoms with Crippen LogP contribution in [0.5, 0.6) is 0 Å². The summed E-state index contributed by atoms with van der Waals surface area (Å²) >= 11 is 0. The molecule has 0 aliphatic rings. The summed E-state index contributed by atoms with van der Waals surface area (Å²) in [5, 5.41) is 14.3. The van der Waals surface area contributed by atoms with Crippen molar-refractivity contribution in [2.45, 2.75) is 18.2 Å². The van der Waals surface area contributed by atoms with E-state index >= 15 is 0 Å². The first-order valence-corrected chi connectivity index (χ1v) is 8.45. The molecule has 2 rings (SSSR count). The van der Waals surface area contributed by atoms with E-state index in [4.69, 9.17) is 9.66 Å². The lowest BCUT2D eigenvalue weighted by molar-refractivity contribution is -0.115. The third-order valence-electron chi connectivity index (χ3n) is 3.02. The molecule has 0 saturated carbocycles. The van der Waals surface area contributed by atoms with Gasteiger partial charge in [0, 0.05) is 6.07 Å². The lowest BCUT2D eigenvalue weighted by Gasteiger charge is -2.05. The van der Waals surface area contributed by atoms with E-state index in [1.165, 1.54) is 12.1 Å². The molecule has 1 heterocycles. The fraction of sp³-hybridized carbons (Fsp3) is 0.286. The zero-order valence-electron chi connectivity index (χ0n) is 12.6. The van der Waals surface area contributed by atoms with Gasteiger partial charge in [-0.3, -0.25) is 4.79 Å². The molecule has 0 bridgehead atoms. The number of amides is 1. The molecule has 0 aliphatic heterocycles. The first kappa shape index (κ1) is 17.1. The highest BCUT2D eigenvalue weighted by atomic mass is 32.2. The second kappa shape index (κ2) is 7.36. The minimum atomic E-state index is -3.67. The first-order valence-electron chi connectivity index (χ1n) is 6.90. The highest BCUT2D eigenvalue weighted by Gasteiger charge is 2.07. The Bertz CT molecular complexity index is 768. The predicted molar refractivity (Wildman–Crippen MR) is 84.3 cm³/mol. The standard InChI is InChI=1S/C14H18N4O4S/c1-10-8-13(18-22-10)17-14(19)9-16-7-6-11-2-4-12(5-3-11)23(15,20)21/h2-5,8,16H,6-7,9H2,1H3,(H2,15,20,21)(H,17,18,19). The van der Waals surface area contributed by atoms with Crippen LogP contribution in [0.15, 0.2) is 39.8 Å². The van der Waals surface area contributed by atoms with Crippen LogP contribution >= 0.6 is 0 Å². The van der Waals surface area contributed by atoms with Crippen LogP contribution in [0, 0.1) is 6.92 Å². The van der Waals surface area contributed by atoms with E-state index in [2.05, 4.69) is 15.8 Å². The molecule has 8 nitrogen and oxygen atoms in total. The Morgan fingerprint density at radius 1 is 1.30 bits per heavy atom. The summed E-state index contributed by atoms with van der Waals surface area (Å²) < 4.78 is 27.1. The average molecular weight is 338 g/mol. The van der Waals surface area contributed by atoms with Crippen LogP contribution in [0.25, 0.3) is 0 Å². The van der Waals surface area contributed by atoms with E-state index < -0.39 is 10.0 Å². The number of nitrogens with one attached hydrogen (secondary N) is 2. The molecule has 2 aromatic rings. The molecule has 1 aromatic carbocycles. The van der Waals surface area contributed by atoms with E-state index in [9.17, 15) is 13.2 Å². The molecule has 124 valence electrons. The van der Waals surface area contributed by atoms with Crippen LogP contribution < -0.4 is 15.8 Å². The van der Waals surface area contributed by atoms with Crippen molar-refractivity contribution in [3.8, 4) is 0 Å². The zero-order valence-corrected chi connectivity index (χ0v) is 13.4. The number of carbonyl (C=O) groups excluding carboxylic acids is 1. The monoisotopic (exact) mass is 338 g/mol. The maximum Gasteiger partial charge on any atom is 0.239 e. The van der Waals surface area contributed by atoms with E-state index in [1.807, 2.05) is 0 Å². The normalized spacial score (nSPS) is 11.4. The number of anilines is 1. The molecule has 0 saturated heterocycles. The van der Waals surface area contributed by atoms with E-state index in [1.54, 1.807) is 25.1 Å². The number of hydrogen-bond acceptors (Lipinski definition) is 6. The van der Waals surface area contributed by atoms with Crippen LogP contribution in [0.2, 0.25) is 0 Å². The maximum absolute atomic E-state index is 11.7. The van der Waals surface area contributed by atoms with Crippen LogP contribution in [0.3, 0.4) is 0 Å². The molecule has 1 amide bonds. The lowest BCUT2D eigenvalue weighted by Crippen LogP contribution is -2.29. The number of rotatable bonds is 7. The summed E-state index contributed by atoms with van der Waals surface area (Å²) in [6, 6.07) is 7.94. The Labute approximate surface area is 134 Å². The molecular weight excluding hydrogens is 320 g/mol. The van der Waals surface area contributed by atoms with E-state index in [0.717, 1.165) is 5.56 Å². The third-order valence-corrected chi connectivity index (χ3v) is 3.95. The topological polar surface area (TPSA) is 127 Å². The fourth-order valence-corrected chi connectivity index (χ4v) is 2.41. The number of hydrogen-bond donors (Lipinski definition) is 3. The quantitative estimate of drug-likeness (QED) is 0.627. The molecule has 9 heteroatoms. The third kappa shape index (κ3) is 5.47. The number of aromatic nitrogens is 1. The summed E-state index contributed by atoms with van der Waals surface area (Å²) in [6.07, 6.45) is 0.654. The largest absolute Gasteiger partial charge is 0.360 e. The first-order chi connectivity index (χ1) is 10.8. The molecule has 0 spiro atoms. The molecule has 0 aliphatic carbocycles. The van der Waals surface area contributed by atoms with Gasteiger partial charge < -0.3 is 15.2 Å². The molecule has 23 heavy (non-hydrogen) atoms. The smallest absolute Gasteiger partial charge is 0.239 e. The van der Waals surface area contributed by atoms with Gasteiger partial charge in [-0.1, -0.05) is 17.3 Å². The van der Waals surface area contributed by atoms with Gasteiger partial charge in [0.15, 0.2) is 5.82 Å². The Morgan fingerprint density at radius 2 is 2.00 bits per heavy atom. The van der Waals surface area contributed by atoms with Gasteiger partial charge in [0.1, 0.15) is 5.76 Å². The Balaban J connectivity index is 1.72. The molecule has 0 unspecified atom stereocenters. The predicted octanol–water partition coefficient (Wildman–Crippen LogP) is 0.401. The van der Waals surface area contributed by atoms with Crippen LogP contribution in [0.4, 0.5) is 5.82 Å². The Morgan fingerprint density at radius 3 is 2.57 bits per heavy atom. The van der Waals surface area contributed by atoms with Crippen molar-refractivity contribution in [1.29, 1.82) is 0 Å². The lowest BCUT2D eigenvalue weighted by atomic mass is 10.1. The van der Waals surface area contributed by atoms with Gasteiger partial charge >= 0.3 is 0 Å². The molecule has 1 aromatic heterocycles. The number of nitrogens with two attached hydrogens (primary N) is 1. The number of carbonyl (C=O) groups is 1. The average Bonchev–Trinajstić information content (AvgIpc) is 2.88. The van der Waals surface area contributed by atoms with Gasteiger partial charge in [-0.2, -0.15) is 0 Å². The van der Waals surface area contributed by atoms with Crippen LogP contribution in [0.1, 0.15) is 11.3 Å². The number of aryl methyl sites for hydroxylation is 1. The fourth-order valence-electron chi connectivity index (χ4n) is 1.89. The van der Waals surface area contributed by atoms with Gasteiger partial charge in [0.25, 0.3) is 0 Å². The van der Waals surface area contributed by atoms with Gasteiger partial charge in [-0.15, -0.1) is 0 Å². The summed E-state index contributed by atoms with van der Waals surface area (Å²) in [5.41, 5.74) is 0.942.